The summed E-state index contributed by atoms with van der Waals surface area (Å²) in [5, 5.41) is 9.91. The number of hydrogen-bond acceptors (Lipinski definition) is 2. The van der Waals surface area contributed by atoms with E-state index in [1.54, 1.807) is 18.2 Å². The van der Waals surface area contributed by atoms with Gasteiger partial charge in [0.25, 0.3) is 0 Å². The standard InChI is InChI=1S/C18H24FNO2/c1-14(2)10-17(22)20-9-3-8-18(12-20,13-21)11-15-4-6-16(19)7-5-15/h4-7,10,21H,3,8-9,11-13H2,1-2H3. The molecule has 1 fully saturated rings. The van der Waals surface area contributed by atoms with E-state index < -0.39 is 0 Å². The second kappa shape index (κ2) is 7.05. The molecule has 1 amide bonds. The van der Waals surface area contributed by atoms with Gasteiger partial charge in [0.15, 0.2) is 0 Å². The molecule has 22 heavy (non-hydrogen) atoms. The summed E-state index contributed by atoms with van der Waals surface area (Å²) in [5.74, 6) is -0.248. The smallest absolute Gasteiger partial charge is 0.246 e. The van der Waals surface area contributed by atoms with Crippen LogP contribution in [0.25, 0.3) is 0 Å². The van der Waals surface area contributed by atoms with Crippen molar-refractivity contribution in [2.75, 3.05) is 19.7 Å². The van der Waals surface area contributed by atoms with E-state index in [0.29, 0.717) is 13.0 Å². The molecule has 0 radical (unpaired) electrons. The Morgan fingerprint density at radius 3 is 2.64 bits per heavy atom. The van der Waals surface area contributed by atoms with Gasteiger partial charge in [-0.05, 0) is 50.8 Å². The first-order valence-electron chi connectivity index (χ1n) is 7.73. The summed E-state index contributed by atoms with van der Waals surface area (Å²) in [7, 11) is 0. The second-order valence-electron chi connectivity index (χ2n) is 6.55. The van der Waals surface area contributed by atoms with Crippen LogP contribution in [0, 0.1) is 11.2 Å². The Hall–Kier alpha value is -1.68. The summed E-state index contributed by atoms with van der Waals surface area (Å²) in [4.78, 5) is 14.0. The number of allylic oxidation sites excluding steroid dienone is 1. The number of aliphatic hydroxyl groups excluding tert-OH is 1. The average molecular weight is 305 g/mol. The van der Waals surface area contributed by atoms with Gasteiger partial charge in [-0.3, -0.25) is 4.79 Å². The van der Waals surface area contributed by atoms with Crippen LogP contribution in [0.4, 0.5) is 4.39 Å². The highest BCUT2D eigenvalue weighted by Crippen LogP contribution is 2.33. The Balaban J connectivity index is 2.13. The van der Waals surface area contributed by atoms with E-state index in [0.717, 1.165) is 30.5 Å². The molecule has 1 atom stereocenters. The number of amides is 1. The maximum atomic E-state index is 13.0. The number of hydrogen-bond donors (Lipinski definition) is 1. The van der Waals surface area contributed by atoms with Gasteiger partial charge in [0.1, 0.15) is 5.82 Å². The molecule has 0 aliphatic carbocycles. The average Bonchev–Trinajstić information content (AvgIpc) is 2.49. The predicted molar refractivity (Wildman–Crippen MR) is 84.9 cm³/mol. The molecule has 0 aromatic heterocycles. The molecule has 2 rings (SSSR count). The molecule has 0 bridgehead atoms. The van der Waals surface area contributed by atoms with E-state index in [1.165, 1.54) is 12.1 Å². The fraction of sp³-hybridized carbons (Fsp3) is 0.500. The lowest BCUT2D eigenvalue weighted by Gasteiger charge is -2.41. The highest BCUT2D eigenvalue weighted by molar-refractivity contribution is 5.88. The van der Waals surface area contributed by atoms with Crippen LogP contribution in [-0.4, -0.2) is 35.6 Å². The van der Waals surface area contributed by atoms with Crippen LogP contribution >= 0.6 is 0 Å². The predicted octanol–water partition coefficient (Wildman–Crippen LogP) is 2.94. The van der Waals surface area contributed by atoms with Crippen molar-refractivity contribution in [3.8, 4) is 0 Å². The largest absolute Gasteiger partial charge is 0.396 e. The number of likely N-dealkylation sites (tertiary alicyclic amines) is 1. The van der Waals surface area contributed by atoms with Crippen molar-refractivity contribution in [1.82, 2.24) is 4.90 Å². The van der Waals surface area contributed by atoms with Gasteiger partial charge >= 0.3 is 0 Å². The van der Waals surface area contributed by atoms with Gasteiger partial charge in [-0.1, -0.05) is 17.7 Å². The molecular formula is C18H24FNO2. The van der Waals surface area contributed by atoms with E-state index >= 15 is 0 Å². The molecule has 3 nitrogen and oxygen atoms in total. The van der Waals surface area contributed by atoms with E-state index in [4.69, 9.17) is 0 Å². The minimum Gasteiger partial charge on any atom is -0.396 e. The van der Waals surface area contributed by atoms with Gasteiger partial charge in [0.2, 0.25) is 5.91 Å². The van der Waals surface area contributed by atoms with Crippen molar-refractivity contribution in [3.63, 3.8) is 0 Å². The van der Waals surface area contributed by atoms with Crippen LogP contribution in [0.2, 0.25) is 0 Å². The number of carbonyl (C=O) groups is 1. The van der Waals surface area contributed by atoms with Gasteiger partial charge in [-0.15, -0.1) is 0 Å². The molecule has 1 aromatic carbocycles. The van der Waals surface area contributed by atoms with Crippen LogP contribution in [0.3, 0.4) is 0 Å². The van der Waals surface area contributed by atoms with Crippen LogP contribution in [0.15, 0.2) is 35.9 Å². The van der Waals surface area contributed by atoms with E-state index in [-0.39, 0.29) is 23.7 Å². The molecule has 1 unspecified atom stereocenters. The number of piperidine rings is 1. The third-order valence-electron chi connectivity index (χ3n) is 4.21. The van der Waals surface area contributed by atoms with Gasteiger partial charge in [0.05, 0.1) is 6.61 Å². The number of nitrogens with zero attached hydrogens (tertiary/aromatic N) is 1. The van der Waals surface area contributed by atoms with Crippen molar-refractivity contribution >= 4 is 5.91 Å². The lowest BCUT2D eigenvalue weighted by molar-refractivity contribution is -0.130. The van der Waals surface area contributed by atoms with Crippen LogP contribution < -0.4 is 0 Å². The van der Waals surface area contributed by atoms with E-state index in [9.17, 15) is 14.3 Å². The summed E-state index contributed by atoms with van der Waals surface area (Å²) in [6, 6.07) is 6.39. The summed E-state index contributed by atoms with van der Waals surface area (Å²) in [5.41, 5.74) is 1.64. The molecule has 1 heterocycles. The topological polar surface area (TPSA) is 40.5 Å². The van der Waals surface area contributed by atoms with Crippen LogP contribution in [0.5, 0.6) is 0 Å². The zero-order valence-electron chi connectivity index (χ0n) is 13.3. The van der Waals surface area contributed by atoms with Crippen molar-refractivity contribution in [3.05, 3.63) is 47.3 Å². The minimum atomic E-state index is -0.332. The Labute approximate surface area is 131 Å². The maximum Gasteiger partial charge on any atom is 0.246 e. The first kappa shape index (κ1) is 16.7. The zero-order valence-corrected chi connectivity index (χ0v) is 13.3. The molecule has 0 spiro atoms. The number of rotatable bonds is 4. The zero-order chi connectivity index (χ0) is 16.2. The first-order valence-corrected chi connectivity index (χ1v) is 7.73. The molecule has 1 aliphatic rings. The third kappa shape index (κ3) is 4.17. The SMILES string of the molecule is CC(C)=CC(=O)N1CCCC(CO)(Cc2ccc(F)cc2)C1. The Morgan fingerprint density at radius 1 is 1.36 bits per heavy atom. The van der Waals surface area contributed by atoms with Crippen molar-refractivity contribution in [2.45, 2.75) is 33.1 Å². The molecule has 1 aromatic rings. The lowest BCUT2D eigenvalue weighted by atomic mass is 9.75. The Bertz CT molecular complexity index is 549. The fourth-order valence-corrected chi connectivity index (χ4v) is 3.10. The highest BCUT2D eigenvalue weighted by atomic mass is 19.1. The van der Waals surface area contributed by atoms with E-state index in [1.807, 2.05) is 18.7 Å². The first-order chi connectivity index (χ1) is 10.4. The summed E-state index contributed by atoms with van der Waals surface area (Å²) < 4.78 is 13.0. The summed E-state index contributed by atoms with van der Waals surface area (Å²) in [6.07, 6.45) is 4.05. The lowest BCUT2D eigenvalue weighted by Crippen LogP contribution is -2.48. The Morgan fingerprint density at radius 2 is 2.05 bits per heavy atom. The minimum absolute atomic E-state index is 0.0108. The van der Waals surface area contributed by atoms with Crippen LogP contribution in [-0.2, 0) is 11.2 Å². The number of halogens is 1. The second-order valence-corrected chi connectivity index (χ2v) is 6.55. The molecular weight excluding hydrogens is 281 g/mol. The number of aliphatic hydroxyl groups is 1. The normalized spacial score (nSPS) is 21.5. The quantitative estimate of drug-likeness (QED) is 0.869. The Kier molecular flexibility index (Phi) is 5.35. The molecule has 0 saturated carbocycles. The van der Waals surface area contributed by atoms with Crippen molar-refractivity contribution < 1.29 is 14.3 Å². The highest BCUT2D eigenvalue weighted by Gasteiger charge is 2.36. The number of carbonyl (C=O) groups excluding carboxylic acids is 1. The van der Waals surface area contributed by atoms with Gasteiger partial charge in [-0.2, -0.15) is 0 Å². The van der Waals surface area contributed by atoms with Crippen molar-refractivity contribution in [2.24, 2.45) is 5.41 Å². The fourth-order valence-electron chi connectivity index (χ4n) is 3.10. The third-order valence-corrected chi connectivity index (χ3v) is 4.21. The molecule has 1 aliphatic heterocycles. The number of benzene rings is 1. The molecule has 4 heteroatoms. The molecule has 1 N–H and O–H groups in total. The summed E-state index contributed by atoms with van der Waals surface area (Å²) >= 11 is 0. The monoisotopic (exact) mass is 305 g/mol. The molecule has 120 valence electrons. The van der Waals surface area contributed by atoms with Crippen molar-refractivity contribution in [1.29, 1.82) is 0 Å². The summed E-state index contributed by atoms with van der Waals surface area (Å²) in [6.45, 7) is 5.11. The maximum absolute atomic E-state index is 13.0. The van der Waals surface area contributed by atoms with Gasteiger partial charge in [-0.25, -0.2) is 4.39 Å². The van der Waals surface area contributed by atoms with Crippen LogP contribution in [0.1, 0.15) is 32.3 Å². The van der Waals surface area contributed by atoms with Gasteiger partial charge in [0, 0.05) is 24.6 Å². The molecule has 1 saturated heterocycles. The van der Waals surface area contributed by atoms with E-state index in [2.05, 4.69) is 0 Å². The van der Waals surface area contributed by atoms with Gasteiger partial charge < -0.3 is 10.0 Å².